The quantitative estimate of drug-likeness (QED) is 0.827. The molecule has 3 rings (SSSR count). The first-order chi connectivity index (χ1) is 11.5. The molecule has 1 aromatic rings. The summed E-state index contributed by atoms with van der Waals surface area (Å²) < 4.78 is 0. The lowest BCUT2D eigenvalue weighted by Crippen LogP contribution is -2.56. The number of carbonyl (C=O) groups excluding carboxylic acids is 2. The second-order valence-electron chi connectivity index (χ2n) is 6.84. The zero-order valence-corrected chi connectivity index (χ0v) is 13.9. The maximum absolute atomic E-state index is 12.9. The maximum atomic E-state index is 12.9. The van der Waals surface area contributed by atoms with Crippen LogP contribution < -0.4 is 5.32 Å². The Morgan fingerprint density at radius 3 is 2.71 bits per heavy atom. The highest BCUT2D eigenvalue weighted by Crippen LogP contribution is 2.31. The van der Waals surface area contributed by atoms with Crippen LogP contribution in [0.2, 0.25) is 0 Å². The van der Waals surface area contributed by atoms with Gasteiger partial charge in [0.1, 0.15) is 5.54 Å². The summed E-state index contributed by atoms with van der Waals surface area (Å²) in [4.78, 5) is 27.4. The number of hydrogen-bond donors (Lipinski definition) is 2. The van der Waals surface area contributed by atoms with Crippen LogP contribution in [0.3, 0.4) is 0 Å². The number of likely N-dealkylation sites (tertiary alicyclic amines) is 1. The van der Waals surface area contributed by atoms with E-state index in [9.17, 15) is 14.7 Å². The molecule has 2 N–H and O–H groups in total. The van der Waals surface area contributed by atoms with Crippen molar-refractivity contribution >= 4 is 11.8 Å². The Morgan fingerprint density at radius 2 is 2.04 bits per heavy atom. The van der Waals surface area contributed by atoms with Gasteiger partial charge in [0.05, 0.1) is 0 Å². The highest BCUT2D eigenvalue weighted by Gasteiger charge is 2.46. The molecule has 24 heavy (non-hydrogen) atoms. The molecule has 0 spiro atoms. The predicted molar refractivity (Wildman–Crippen MR) is 91.4 cm³/mol. The van der Waals surface area contributed by atoms with Crippen molar-refractivity contribution in [3.05, 3.63) is 48.0 Å². The van der Waals surface area contributed by atoms with Gasteiger partial charge in [-0.05, 0) is 38.3 Å². The molecule has 0 bridgehead atoms. The molecule has 1 fully saturated rings. The van der Waals surface area contributed by atoms with Crippen LogP contribution in [0, 0.1) is 5.92 Å². The molecule has 1 saturated heterocycles. The van der Waals surface area contributed by atoms with Crippen LogP contribution in [0.1, 0.15) is 36.5 Å². The minimum atomic E-state index is -0.821. The van der Waals surface area contributed by atoms with E-state index in [0.717, 1.165) is 6.42 Å². The van der Waals surface area contributed by atoms with E-state index in [2.05, 4.69) is 5.32 Å². The molecule has 2 aliphatic rings. The van der Waals surface area contributed by atoms with Crippen LogP contribution in [0.15, 0.2) is 42.5 Å². The Morgan fingerprint density at radius 1 is 1.29 bits per heavy atom. The molecule has 1 aliphatic heterocycles. The number of rotatable bonds is 4. The molecule has 1 heterocycles. The lowest BCUT2D eigenvalue weighted by atomic mass is 9.96. The van der Waals surface area contributed by atoms with E-state index in [1.807, 2.05) is 37.3 Å². The first-order valence-corrected chi connectivity index (χ1v) is 8.52. The molecule has 5 heteroatoms. The van der Waals surface area contributed by atoms with Crippen LogP contribution in [-0.4, -0.2) is 46.6 Å². The minimum absolute atomic E-state index is 0.0687. The average Bonchev–Trinajstić information content (AvgIpc) is 3.22. The predicted octanol–water partition coefficient (Wildman–Crippen LogP) is 1.73. The molecular formula is C19H24N2O3. The molecule has 0 radical (unpaired) electrons. The fraction of sp³-hybridized carbons (Fsp3) is 0.474. The van der Waals surface area contributed by atoms with E-state index in [1.54, 1.807) is 17.0 Å². The van der Waals surface area contributed by atoms with Crippen LogP contribution in [0.4, 0.5) is 0 Å². The summed E-state index contributed by atoms with van der Waals surface area (Å²) in [5.74, 6) is -0.104. The monoisotopic (exact) mass is 328 g/mol. The van der Waals surface area contributed by atoms with Gasteiger partial charge in [0.25, 0.3) is 5.91 Å². The van der Waals surface area contributed by atoms with Gasteiger partial charge < -0.3 is 15.3 Å². The van der Waals surface area contributed by atoms with E-state index in [1.165, 1.54) is 0 Å². The third-order valence-electron chi connectivity index (χ3n) is 5.12. The van der Waals surface area contributed by atoms with E-state index in [4.69, 9.17) is 0 Å². The molecule has 0 saturated carbocycles. The van der Waals surface area contributed by atoms with Gasteiger partial charge >= 0.3 is 0 Å². The topological polar surface area (TPSA) is 69.6 Å². The van der Waals surface area contributed by atoms with E-state index < -0.39 is 5.54 Å². The van der Waals surface area contributed by atoms with E-state index >= 15 is 0 Å². The SMILES string of the molecule is CC1(C(=O)N[C@@H]2C=C[C@H](CO)C2)CCCN1C(=O)c1ccccc1. The Balaban J connectivity index is 1.72. The van der Waals surface area contributed by atoms with E-state index in [-0.39, 0.29) is 30.4 Å². The van der Waals surface area contributed by atoms with Gasteiger partial charge in [0.15, 0.2) is 0 Å². The first-order valence-electron chi connectivity index (χ1n) is 8.52. The second-order valence-corrected chi connectivity index (χ2v) is 6.84. The second kappa shape index (κ2) is 6.77. The zero-order chi connectivity index (χ0) is 17.2. The van der Waals surface area contributed by atoms with Gasteiger partial charge in [-0.3, -0.25) is 9.59 Å². The molecule has 1 aromatic carbocycles. The summed E-state index contributed by atoms with van der Waals surface area (Å²) in [6.45, 7) is 2.54. The zero-order valence-electron chi connectivity index (χ0n) is 13.9. The summed E-state index contributed by atoms with van der Waals surface area (Å²) in [7, 11) is 0. The number of nitrogens with one attached hydrogen (secondary N) is 1. The summed E-state index contributed by atoms with van der Waals surface area (Å²) in [6.07, 6.45) is 6.07. The van der Waals surface area contributed by atoms with Crippen molar-refractivity contribution in [2.24, 2.45) is 5.92 Å². The van der Waals surface area contributed by atoms with Crippen molar-refractivity contribution < 1.29 is 14.7 Å². The van der Waals surface area contributed by atoms with Gasteiger partial charge in [-0.2, -0.15) is 0 Å². The largest absolute Gasteiger partial charge is 0.396 e. The molecule has 2 amide bonds. The summed E-state index contributed by atoms with van der Waals surface area (Å²) in [5, 5.41) is 12.2. The molecule has 0 aromatic heterocycles. The smallest absolute Gasteiger partial charge is 0.254 e. The van der Waals surface area contributed by atoms with Crippen LogP contribution in [0.5, 0.6) is 0 Å². The lowest BCUT2D eigenvalue weighted by molar-refractivity contribution is -0.130. The number of hydrogen-bond acceptors (Lipinski definition) is 3. The molecule has 1 unspecified atom stereocenters. The van der Waals surface area contributed by atoms with Crippen molar-refractivity contribution in [2.45, 2.75) is 37.8 Å². The highest BCUT2D eigenvalue weighted by molar-refractivity contribution is 5.99. The highest BCUT2D eigenvalue weighted by atomic mass is 16.3. The number of carbonyl (C=O) groups is 2. The maximum Gasteiger partial charge on any atom is 0.254 e. The van der Waals surface area contributed by atoms with Crippen LogP contribution in [-0.2, 0) is 4.79 Å². The van der Waals surface area contributed by atoms with Gasteiger partial charge in [-0.25, -0.2) is 0 Å². The molecule has 3 atom stereocenters. The number of benzene rings is 1. The van der Waals surface area contributed by atoms with Crippen LogP contribution >= 0.6 is 0 Å². The van der Waals surface area contributed by atoms with Crippen molar-refractivity contribution in [1.29, 1.82) is 0 Å². The summed E-state index contributed by atoms with van der Waals surface area (Å²) in [5.41, 5.74) is -0.211. The summed E-state index contributed by atoms with van der Waals surface area (Å²) >= 11 is 0. The number of nitrogens with zero attached hydrogens (tertiary/aromatic N) is 1. The van der Waals surface area contributed by atoms with Gasteiger partial charge in [0, 0.05) is 30.7 Å². The Bertz CT molecular complexity index is 643. The Hall–Kier alpha value is -2.14. The van der Waals surface area contributed by atoms with Crippen molar-refractivity contribution in [1.82, 2.24) is 10.2 Å². The third kappa shape index (κ3) is 3.08. The van der Waals surface area contributed by atoms with Crippen molar-refractivity contribution in [3.63, 3.8) is 0 Å². The fourth-order valence-electron chi connectivity index (χ4n) is 3.60. The van der Waals surface area contributed by atoms with Crippen molar-refractivity contribution in [3.8, 4) is 0 Å². The molecular weight excluding hydrogens is 304 g/mol. The van der Waals surface area contributed by atoms with Crippen molar-refractivity contribution in [2.75, 3.05) is 13.2 Å². The number of aliphatic hydroxyl groups excluding tert-OH is 1. The normalized spacial score (nSPS) is 29.0. The standard InChI is InChI=1S/C19H24N2O3/c1-19(18(24)20-16-9-8-14(12-16)13-22)10-5-11-21(19)17(23)15-6-3-2-4-7-15/h2-4,6-9,14,16,22H,5,10-13H2,1H3,(H,20,24)/t14-,16+,19?/m0/s1. The van der Waals surface area contributed by atoms with E-state index in [0.29, 0.717) is 24.9 Å². The van der Waals surface area contributed by atoms with Crippen LogP contribution in [0.25, 0.3) is 0 Å². The fourth-order valence-corrected chi connectivity index (χ4v) is 3.60. The first kappa shape index (κ1) is 16.7. The van der Waals surface area contributed by atoms with Gasteiger partial charge in [-0.15, -0.1) is 0 Å². The summed E-state index contributed by atoms with van der Waals surface area (Å²) in [6, 6.07) is 9.03. The Labute approximate surface area is 142 Å². The molecule has 128 valence electrons. The number of amides is 2. The lowest BCUT2D eigenvalue weighted by Gasteiger charge is -2.35. The molecule has 5 nitrogen and oxygen atoms in total. The Kier molecular flexibility index (Phi) is 4.71. The number of aliphatic hydroxyl groups is 1. The minimum Gasteiger partial charge on any atom is -0.396 e. The third-order valence-corrected chi connectivity index (χ3v) is 5.12. The van der Waals surface area contributed by atoms with Gasteiger partial charge in [0.2, 0.25) is 5.91 Å². The molecule has 1 aliphatic carbocycles. The average molecular weight is 328 g/mol. The van der Waals surface area contributed by atoms with Gasteiger partial charge in [-0.1, -0.05) is 30.4 Å².